The Morgan fingerprint density at radius 2 is 2.25 bits per heavy atom. The molecule has 4 heteroatoms. The quantitative estimate of drug-likeness (QED) is 0.668. The summed E-state index contributed by atoms with van der Waals surface area (Å²) in [7, 11) is 0. The van der Waals surface area contributed by atoms with Gasteiger partial charge in [0.25, 0.3) is 0 Å². The average Bonchev–Trinajstić information content (AvgIpc) is 2.09. The van der Waals surface area contributed by atoms with Crippen molar-refractivity contribution in [1.82, 2.24) is 9.97 Å². The summed E-state index contributed by atoms with van der Waals surface area (Å²) in [4.78, 5) is 8.00. The van der Waals surface area contributed by atoms with Crippen LogP contribution in [-0.4, -0.2) is 23.2 Å². The molecule has 0 amide bonds. The lowest BCUT2D eigenvalue weighted by Crippen LogP contribution is -2.01. The molecule has 0 atom stereocenters. The summed E-state index contributed by atoms with van der Waals surface area (Å²) in [6, 6.07) is 0. The van der Waals surface area contributed by atoms with E-state index in [4.69, 9.17) is 10.5 Å². The van der Waals surface area contributed by atoms with E-state index in [0.29, 0.717) is 12.4 Å². The summed E-state index contributed by atoms with van der Waals surface area (Å²) < 4.78 is 5.17. The number of nitrogens with two attached hydrogens (primary N) is 1. The third-order valence-corrected chi connectivity index (χ3v) is 1.43. The van der Waals surface area contributed by atoms with E-state index in [2.05, 4.69) is 9.97 Å². The second-order valence-corrected chi connectivity index (χ2v) is 2.38. The first-order valence-electron chi connectivity index (χ1n) is 3.97. The molecule has 12 heavy (non-hydrogen) atoms. The van der Waals surface area contributed by atoms with Crippen LogP contribution in [0.1, 0.15) is 12.6 Å². The molecule has 0 unspecified atom stereocenters. The van der Waals surface area contributed by atoms with Crippen molar-refractivity contribution in [2.45, 2.75) is 13.3 Å². The van der Waals surface area contributed by atoms with Crippen LogP contribution in [0.2, 0.25) is 0 Å². The SMILES string of the molecule is CCOCCc1cnc(N)cn1. The first-order valence-corrected chi connectivity index (χ1v) is 3.97. The van der Waals surface area contributed by atoms with Gasteiger partial charge >= 0.3 is 0 Å². The zero-order chi connectivity index (χ0) is 8.81. The molecule has 2 N–H and O–H groups in total. The van der Waals surface area contributed by atoms with Gasteiger partial charge in [-0.3, -0.25) is 4.98 Å². The molecule has 0 aliphatic rings. The van der Waals surface area contributed by atoms with Crippen LogP contribution in [0.15, 0.2) is 12.4 Å². The van der Waals surface area contributed by atoms with Crippen LogP contribution in [0.4, 0.5) is 5.82 Å². The van der Waals surface area contributed by atoms with Gasteiger partial charge in [0.2, 0.25) is 0 Å². The molecule has 0 saturated carbocycles. The number of aromatic nitrogens is 2. The normalized spacial score (nSPS) is 10.1. The summed E-state index contributed by atoms with van der Waals surface area (Å²) in [5.74, 6) is 0.454. The monoisotopic (exact) mass is 167 g/mol. The lowest BCUT2D eigenvalue weighted by Gasteiger charge is -2.00. The van der Waals surface area contributed by atoms with E-state index < -0.39 is 0 Å². The summed E-state index contributed by atoms with van der Waals surface area (Å²) in [5.41, 5.74) is 6.29. The zero-order valence-corrected chi connectivity index (χ0v) is 7.16. The summed E-state index contributed by atoms with van der Waals surface area (Å²) in [6.45, 7) is 3.39. The molecule has 1 aromatic heterocycles. The highest BCUT2D eigenvalue weighted by Crippen LogP contribution is 1.96. The van der Waals surface area contributed by atoms with E-state index in [1.807, 2.05) is 6.92 Å². The molecule has 4 nitrogen and oxygen atoms in total. The molecule has 0 fully saturated rings. The van der Waals surface area contributed by atoms with Crippen LogP contribution in [0.5, 0.6) is 0 Å². The smallest absolute Gasteiger partial charge is 0.141 e. The third kappa shape index (κ3) is 2.84. The summed E-state index contributed by atoms with van der Waals surface area (Å²) in [5, 5.41) is 0. The predicted octanol–water partition coefficient (Wildman–Crippen LogP) is 0.638. The fourth-order valence-corrected chi connectivity index (χ4v) is 0.815. The number of rotatable bonds is 4. The van der Waals surface area contributed by atoms with Gasteiger partial charge in [0, 0.05) is 13.0 Å². The Kier molecular flexibility index (Phi) is 3.47. The molecule has 1 rings (SSSR count). The third-order valence-electron chi connectivity index (χ3n) is 1.43. The number of nitrogen functional groups attached to an aromatic ring is 1. The van der Waals surface area contributed by atoms with Gasteiger partial charge in [-0.2, -0.15) is 0 Å². The van der Waals surface area contributed by atoms with Crippen molar-refractivity contribution in [3.05, 3.63) is 18.1 Å². The second kappa shape index (κ2) is 4.66. The minimum atomic E-state index is 0.454. The van der Waals surface area contributed by atoms with E-state index in [-0.39, 0.29) is 0 Å². The Hall–Kier alpha value is -1.16. The van der Waals surface area contributed by atoms with Crippen LogP contribution in [0, 0.1) is 0 Å². The predicted molar refractivity (Wildman–Crippen MR) is 46.6 cm³/mol. The Bertz CT molecular complexity index is 222. The average molecular weight is 167 g/mol. The van der Waals surface area contributed by atoms with Crippen molar-refractivity contribution in [3.8, 4) is 0 Å². The van der Waals surface area contributed by atoms with E-state index in [1.165, 1.54) is 0 Å². The molecule has 0 radical (unpaired) electrons. The molecule has 66 valence electrons. The lowest BCUT2D eigenvalue weighted by atomic mass is 10.3. The van der Waals surface area contributed by atoms with Crippen LogP contribution in [0.25, 0.3) is 0 Å². The summed E-state index contributed by atoms with van der Waals surface area (Å²) in [6.07, 6.45) is 4.02. The van der Waals surface area contributed by atoms with Crippen LogP contribution >= 0.6 is 0 Å². The standard InChI is InChI=1S/C8H13N3O/c1-2-12-4-3-7-5-11-8(9)6-10-7/h5-6H,2-4H2,1H3,(H2,9,11). The molecular weight excluding hydrogens is 154 g/mol. The number of anilines is 1. The molecular formula is C8H13N3O. The molecule has 0 spiro atoms. The number of hydrogen-bond acceptors (Lipinski definition) is 4. The van der Waals surface area contributed by atoms with Crippen LogP contribution < -0.4 is 5.73 Å². The van der Waals surface area contributed by atoms with Crippen molar-refractivity contribution < 1.29 is 4.74 Å². The Morgan fingerprint density at radius 3 is 2.83 bits per heavy atom. The van der Waals surface area contributed by atoms with Crippen LogP contribution in [-0.2, 0) is 11.2 Å². The van der Waals surface area contributed by atoms with Crippen LogP contribution in [0.3, 0.4) is 0 Å². The minimum Gasteiger partial charge on any atom is -0.382 e. The lowest BCUT2D eigenvalue weighted by molar-refractivity contribution is 0.150. The first-order chi connectivity index (χ1) is 5.83. The van der Waals surface area contributed by atoms with E-state index >= 15 is 0 Å². The van der Waals surface area contributed by atoms with Crippen molar-refractivity contribution >= 4 is 5.82 Å². The molecule has 1 aromatic rings. The van der Waals surface area contributed by atoms with Gasteiger partial charge < -0.3 is 10.5 Å². The van der Waals surface area contributed by atoms with Gasteiger partial charge in [-0.15, -0.1) is 0 Å². The molecule has 0 saturated heterocycles. The highest BCUT2D eigenvalue weighted by molar-refractivity contribution is 5.22. The fraction of sp³-hybridized carbons (Fsp3) is 0.500. The maximum absolute atomic E-state index is 5.38. The van der Waals surface area contributed by atoms with Crippen molar-refractivity contribution in [1.29, 1.82) is 0 Å². The van der Waals surface area contributed by atoms with Gasteiger partial charge in [-0.05, 0) is 6.92 Å². The molecule has 0 aromatic carbocycles. The largest absolute Gasteiger partial charge is 0.382 e. The maximum Gasteiger partial charge on any atom is 0.141 e. The van der Waals surface area contributed by atoms with Gasteiger partial charge in [0.15, 0.2) is 0 Å². The first kappa shape index (κ1) is 8.93. The second-order valence-electron chi connectivity index (χ2n) is 2.38. The van der Waals surface area contributed by atoms with Crippen molar-refractivity contribution in [3.63, 3.8) is 0 Å². The highest BCUT2D eigenvalue weighted by atomic mass is 16.5. The van der Waals surface area contributed by atoms with Crippen molar-refractivity contribution in [2.24, 2.45) is 0 Å². The maximum atomic E-state index is 5.38. The van der Waals surface area contributed by atoms with E-state index in [9.17, 15) is 0 Å². The fourth-order valence-electron chi connectivity index (χ4n) is 0.815. The van der Waals surface area contributed by atoms with Gasteiger partial charge in [-0.25, -0.2) is 4.98 Å². The van der Waals surface area contributed by atoms with E-state index in [0.717, 1.165) is 18.7 Å². The number of ether oxygens (including phenoxy) is 1. The highest BCUT2D eigenvalue weighted by Gasteiger charge is 1.94. The van der Waals surface area contributed by atoms with Crippen molar-refractivity contribution in [2.75, 3.05) is 18.9 Å². The molecule has 0 aliphatic heterocycles. The van der Waals surface area contributed by atoms with E-state index in [1.54, 1.807) is 12.4 Å². The summed E-state index contributed by atoms with van der Waals surface area (Å²) >= 11 is 0. The molecule has 1 heterocycles. The van der Waals surface area contributed by atoms with Gasteiger partial charge in [0.05, 0.1) is 24.7 Å². The molecule has 0 bridgehead atoms. The Labute approximate surface area is 71.8 Å². The minimum absolute atomic E-state index is 0.454. The topological polar surface area (TPSA) is 61.0 Å². The Balaban J connectivity index is 2.37. The van der Waals surface area contributed by atoms with Gasteiger partial charge in [-0.1, -0.05) is 0 Å². The Morgan fingerprint density at radius 1 is 1.42 bits per heavy atom. The van der Waals surface area contributed by atoms with Gasteiger partial charge in [0.1, 0.15) is 5.82 Å². The molecule has 0 aliphatic carbocycles. The zero-order valence-electron chi connectivity index (χ0n) is 7.16. The number of hydrogen-bond donors (Lipinski definition) is 1. The number of nitrogens with zero attached hydrogens (tertiary/aromatic N) is 2.